The lowest BCUT2D eigenvalue weighted by Crippen LogP contribution is -2.29. The normalized spacial score (nSPS) is 17.0. The fourth-order valence-electron chi connectivity index (χ4n) is 4.02. The number of ketones is 1. The SMILES string of the molecule is CCOc1cc(C2/C(=C(/O)c3ccc(OC)cc3)C(=O)C(=O)N2c2ccc(C)c(Br)c2)ccc1O. The van der Waals surface area contributed by atoms with Crippen molar-refractivity contribution in [3.63, 3.8) is 0 Å². The fraction of sp³-hybridized carbons (Fsp3) is 0.185. The van der Waals surface area contributed by atoms with Gasteiger partial charge in [0, 0.05) is 15.7 Å². The Morgan fingerprint density at radius 3 is 2.40 bits per heavy atom. The molecule has 2 N–H and O–H groups in total. The largest absolute Gasteiger partial charge is 0.507 e. The van der Waals surface area contributed by atoms with E-state index in [4.69, 9.17) is 9.47 Å². The molecule has 0 aromatic heterocycles. The van der Waals surface area contributed by atoms with Crippen LogP contribution >= 0.6 is 15.9 Å². The van der Waals surface area contributed by atoms with Crippen molar-refractivity contribution < 1.29 is 29.3 Å². The van der Waals surface area contributed by atoms with Crippen LogP contribution in [0.15, 0.2) is 70.7 Å². The molecule has 1 saturated heterocycles. The number of methoxy groups -OCH3 is 1. The minimum absolute atomic E-state index is 0.0648. The lowest BCUT2D eigenvalue weighted by atomic mass is 9.94. The number of rotatable bonds is 6. The van der Waals surface area contributed by atoms with E-state index in [1.165, 1.54) is 18.1 Å². The van der Waals surface area contributed by atoms with Crippen LogP contribution in [0.1, 0.15) is 29.7 Å². The van der Waals surface area contributed by atoms with Crippen LogP contribution in [-0.2, 0) is 9.59 Å². The molecule has 8 heteroatoms. The van der Waals surface area contributed by atoms with E-state index in [1.54, 1.807) is 55.5 Å². The summed E-state index contributed by atoms with van der Waals surface area (Å²) in [7, 11) is 1.53. The van der Waals surface area contributed by atoms with E-state index in [2.05, 4.69) is 15.9 Å². The third-order valence-electron chi connectivity index (χ3n) is 5.84. The highest BCUT2D eigenvalue weighted by Crippen LogP contribution is 2.44. The Labute approximate surface area is 211 Å². The second-order valence-electron chi connectivity index (χ2n) is 7.99. The number of benzene rings is 3. The second-order valence-corrected chi connectivity index (χ2v) is 8.85. The Morgan fingerprint density at radius 1 is 1.06 bits per heavy atom. The van der Waals surface area contributed by atoms with Gasteiger partial charge in [-0.1, -0.05) is 28.1 Å². The summed E-state index contributed by atoms with van der Waals surface area (Å²) < 4.78 is 11.5. The van der Waals surface area contributed by atoms with Crippen LogP contribution in [0, 0.1) is 6.92 Å². The average molecular weight is 538 g/mol. The molecule has 3 aromatic carbocycles. The molecule has 1 aliphatic rings. The van der Waals surface area contributed by atoms with Gasteiger partial charge in [-0.3, -0.25) is 14.5 Å². The minimum atomic E-state index is -0.952. The predicted molar refractivity (Wildman–Crippen MR) is 136 cm³/mol. The minimum Gasteiger partial charge on any atom is -0.507 e. The van der Waals surface area contributed by atoms with Gasteiger partial charge >= 0.3 is 0 Å². The molecule has 0 bridgehead atoms. The van der Waals surface area contributed by atoms with Crippen molar-refractivity contribution in [2.45, 2.75) is 19.9 Å². The number of aromatic hydroxyl groups is 1. The molecular weight excluding hydrogens is 514 g/mol. The Balaban J connectivity index is 1.95. The molecule has 0 radical (unpaired) electrons. The molecule has 1 fully saturated rings. The van der Waals surface area contributed by atoms with E-state index in [-0.39, 0.29) is 22.8 Å². The Hall–Kier alpha value is -3.78. The van der Waals surface area contributed by atoms with Gasteiger partial charge in [-0.2, -0.15) is 0 Å². The van der Waals surface area contributed by atoms with E-state index in [0.29, 0.717) is 29.2 Å². The smallest absolute Gasteiger partial charge is 0.300 e. The number of carbonyl (C=O) groups is 2. The second kappa shape index (κ2) is 9.84. The first-order chi connectivity index (χ1) is 16.8. The van der Waals surface area contributed by atoms with Gasteiger partial charge in [-0.25, -0.2) is 0 Å². The number of aryl methyl sites for hydroxylation is 1. The molecule has 1 heterocycles. The molecule has 0 aliphatic carbocycles. The fourth-order valence-corrected chi connectivity index (χ4v) is 4.39. The van der Waals surface area contributed by atoms with Gasteiger partial charge in [0.1, 0.15) is 11.5 Å². The summed E-state index contributed by atoms with van der Waals surface area (Å²) in [5.74, 6) is -1.16. The first kappa shape index (κ1) is 24.3. The number of Topliss-reactive ketones (excluding diaryl/α,β-unsaturated/α-hetero) is 1. The van der Waals surface area contributed by atoms with Gasteiger partial charge in [-0.15, -0.1) is 0 Å². The number of phenolic OH excluding ortho intramolecular Hbond substituents is 1. The highest BCUT2D eigenvalue weighted by atomic mass is 79.9. The average Bonchev–Trinajstić information content (AvgIpc) is 3.12. The van der Waals surface area contributed by atoms with E-state index in [0.717, 1.165) is 10.0 Å². The molecule has 1 amide bonds. The molecule has 4 rings (SSSR count). The van der Waals surface area contributed by atoms with Crippen LogP contribution in [0.5, 0.6) is 17.2 Å². The number of halogens is 1. The van der Waals surface area contributed by atoms with Gasteiger partial charge < -0.3 is 19.7 Å². The Bertz CT molecular complexity index is 1330. The summed E-state index contributed by atoms with van der Waals surface area (Å²) in [6.45, 7) is 4.01. The van der Waals surface area contributed by atoms with Crippen molar-refractivity contribution in [2.24, 2.45) is 0 Å². The van der Waals surface area contributed by atoms with E-state index >= 15 is 0 Å². The monoisotopic (exact) mass is 537 g/mol. The number of hydrogen-bond donors (Lipinski definition) is 2. The maximum absolute atomic E-state index is 13.3. The van der Waals surface area contributed by atoms with Crippen LogP contribution in [0.3, 0.4) is 0 Å². The van der Waals surface area contributed by atoms with Gasteiger partial charge in [0.25, 0.3) is 11.7 Å². The van der Waals surface area contributed by atoms with E-state index in [9.17, 15) is 19.8 Å². The number of amides is 1. The first-order valence-electron chi connectivity index (χ1n) is 10.9. The Kier molecular flexibility index (Phi) is 6.84. The number of hydrogen-bond acceptors (Lipinski definition) is 6. The molecule has 180 valence electrons. The zero-order valence-corrected chi connectivity index (χ0v) is 21.0. The topological polar surface area (TPSA) is 96.3 Å². The summed E-state index contributed by atoms with van der Waals surface area (Å²) in [6.07, 6.45) is 0. The number of anilines is 1. The molecule has 7 nitrogen and oxygen atoms in total. The molecule has 1 unspecified atom stereocenters. The molecule has 1 atom stereocenters. The molecule has 1 aliphatic heterocycles. The number of nitrogens with zero attached hydrogens (tertiary/aromatic N) is 1. The molecule has 0 spiro atoms. The zero-order chi connectivity index (χ0) is 25.3. The van der Waals surface area contributed by atoms with Crippen molar-refractivity contribution in [1.82, 2.24) is 0 Å². The third kappa shape index (κ3) is 4.49. The van der Waals surface area contributed by atoms with Gasteiger partial charge in [0.05, 0.1) is 25.3 Å². The summed E-state index contributed by atoms with van der Waals surface area (Å²) >= 11 is 3.49. The van der Waals surface area contributed by atoms with Crippen molar-refractivity contribution in [2.75, 3.05) is 18.6 Å². The Morgan fingerprint density at radius 2 is 1.77 bits per heavy atom. The van der Waals surface area contributed by atoms with Gasteiger partial charge in [0.2, 0.25) is 0 Å². The van der Waals surface area contributed by atoms with Crippen LogP contribution < -0.4 is 14.4 Å². The first-order valence-corrected chi connectivity index (χ1v) is 11.7. The van der Waals surface area contributed by atoms with Crippen LogP contribution in [0.25, 0.3) is 5.76 Å². The lowest BCUT2D eigenvalue weighted by Gasteiger charge is -2.26. The zero-order valence-electron chi connectivity index (χ0n) is 19.4. The summed E-state index contributed by atoms with van der Waals surface area (Å²) in [5, 5.41) is 21.5. The number of phenols is 1. The lowest BCUT2D eigenvalue weighted by molar-refractivity contribution is -0.132. The summed E-state index contributed by atoms with van der Waals surface area (Å²) in [4.78, 5) is 28.0. The highest BCUT2D eigenvalue weighted by molar-refractivity contribution is 9.10. The van der Waals surface area contributed by atoms with Gasteiger partial charge in [0.15, 0.2) is 11.5 Å². The highest BCUT2D eigenvalue weighted by Gasteiger charge is 2.47. The third-order valence-corrected chi connectivity index (χ3v) is 6.70. The number of aliphatic hydroxyl groups excluding tert-OH is 1. The van der Waals surface area contributed by atoms with Crippen molar-refractivity contribution in [1.29, 1.82) is 0 Å². The van der Waals surface area contributed by atoms with Crippen molar-refractivity contribution in [3.05, 3.63) is 87.4 Å². The van der Waals surface area contributed by atoms with Crippen LogP contribution in [0.2, 0.25) is 0 Å². The van der Waals surface area contributed by atoms with Crippen LogP contribution in [0.4, 0.5) is 5.69 Å². The molecular formula is C27H24BrNO6. The van der Waals surface area contributed by atoms with Crippen LogP contribution in [-0.4, -0.2) is 35.6 Å². The maximum atomic E-state index is 13.3. The van der Waals surface area contributed by atoms with E-state index in [1.807, 2.05) is 13.0 Å². The van der Waals surface area contributed by atoms with Crippen molar-refractivity contribution in [3.8, 4) is 17.2 Å². The summed E-state index contributed by atoms with van der Waals surface area (Å²) in [5.41, 5.74) is 2.24. The maximum Gasteiger partial charge on any atom is 0.300 e. The number of ether oxygens (including phenoxy) is 2. The van der Waals surface area contributed by atoms with E-state index < -0.39 is 17.7 Å². The van der Waals surface area contributed by atoms with Crippen molar-refractivity contribution >= 4 is 39.1 Å². The number of carbonyl (C=O) groups excluding carboxylic acids is 2. The predicted octanol–water partition coefficient (Wildman–Crippen LogP) is 5.50. The molecule has 3 aromatic rings. The molecule has 0 saturated carbocycles. The molecule has 35 heavy (non-hydrogen) atoms. The summed E-state index contributed by atoms with van der Waals surface area (Å²) in [6, 6.07) is 15.6. The number of aliphatic hydroxyl groups is 1. The standard InChI is InChI=1S/C27H24BrNO6/c1-4-35-22-13-17(8-12-21(22)30)24-23(25(31)16-6-10-19(34-3)11-7-16)26(32)27(33)29(24)18-9-5-15(2)20(28)14-18/h5-14,24,30-31H,4H2,1-3H3/b25-23-. The quantitative estimate of drug-likeness (QED) is 0.245. The van der Waals surface area contributed by atoms with Gasteiger partial charge in [-0.05, 0) is 73.5 Å².